The fourth-order valence-corrected chi connectivity index (χ4v) is 2.86. The first-order chi connectivity index (χ1) is 7.09. The van der Waals surface area contributed by atoms with Gasteiger partial charge in [-0.3, -0.25) is 0 Å². The molecule has 1 aromatic rings. The van der Waals surface area contributed by atoms with Gasteiger partial charge in [0.15, 0.2) is 0 Å². The average molecular weight is 348 g/mol. The second-order valence-electron chi connectivity index (χ2n) is 6.11. The second-order valence-corrected chi connectivity index (χ2v) is 11.7. The van der Waals surface area contributed by atoms with E-state index in [4.69, 9.17) is 4.43 Å². The lowest BCUT2D eigenvalue weighted by Crippen LogP contribution is -2.29. The Balaban J connectivity index is 3.10. The summed E-state index contributed by atoms with van der Waals surface area (Å²) in [5.74, 6) is 1.05. The van der Waals surface area contributed by atoms with Crippen LogP contribution in [0.2, 0.25) is 19.6 Å². The Labute approximate surface area is 114 Å². The van der Waals surface area contributed by atoms with Gasteiger partial charge in [-0.05, 0) is 65.3 Å². The third-order valence-electron chi connectivity index (χ3n) is 2.21. The fourth-order valence-electron chi connectivity index (χ4n) is 1.38. The summed E-state index contributed by atoms with van der Waals surface area (Å²) in [5, 5.41) is 0. The lowest BCUT2D eigenvalue weighted by atomic mass is 9.87. The molecule has 0 radical (unpaired) electrons. The first-order valence-corrected chi connectivity index (χ1v) is 10.1. The molecule has 0 aliphatic heterocycles. The van der Waals surface area contributed by atoms with E-state index in [2.05, 4.69) is 81.2 Å². The lowest BCUT2D eigenvalue weighted by molar-refractivity contribution is 0.541. The first-order valence-electron chi connectivity index (χ1n) is 5.59. The van der Waals surface area contributed by atoms with Crippen LogP contribution in [-0.4, -0.2) is 8.32 Å². The fraction of sp³-hybridized carbons (Fsp3) is 0.538. The highest BCUT2D eigenvalue weighted by Crippen LogP contribution is 2.30. The number of hydrogen-bond acceptors (Lipinski definition) is 1. The summed E-state index contributed by atoms with van der Waals surface area (Å²) in [7, 11) is -1.52. The number of halogens is 1. The minimum absolute atomic E-state index is 0.182. The van der Waals surface area contributed by atoms with Gasteiger partial charge in [0, 0.05) is 0 Å². The molecule has 1 rings (SSSR count). The molecule has 0 aliphatic carbocycles. The molecule has 90 valence electrons. The summed E-state index contributed by atoms with van der Waals surface area (Å²) in [6, 6.07) is 6.54. The highest BCUT2D eigenvalue weighted by Gasteiger charge is 2.20. The molecule has 0 amide bonds. The smallest absolute Gasteiger partial charge is 0.242 e. The Bertz CT molecular complexity index is 374. The molecule has 1 nitrogen and oxygen atoms in total. The SMILES string of the molecule is CC(C)(C)c1ccc(I)c(O[Si](C)(C)C)c1. The Hall–Kier alpha value is -0.0331. The monoisotopic (exact) mass is 348 g/mol. The minimum Gasteiger partial charge on any atom is -0.544 e. The van der Waals surface area contributed by atoms with Crippen LogP contribution in [0, 0.1) is 3.57 Å². The van der Waals surface area contributed by atoms with E-state index in [0.29, 0.717) is 0 Å². The van der Waals surface area contributed by atoms with Gasteiger partial charge in [0.1, 0.15) is 5.75 Å². The van der Waals surface area contributed by atoms with Crippen LogP contribution >= 0.6 is 22.6 Å². The van der Waals surface area contributed by atoms with Gasteiger partial charge in [-0.2, -0.15) is 0 Å². The normalized spacial score (nSPS) is 12.7. The van der Waals surface area contributed by atoms with Gasteiger partial charge < -0.3 is 4.43 Å². The van der Waals surface area contributed by atoms with Gasteiger partial charge in [0.25, 0.3) is 0 Å². The zero-order valence-electron chi connectivity index (χ0n) is 11.0. The van der Waals surface area contributed by atoms with Crippen molar-refractivity contribution in [3.05, 3.63) is 27.3 Å². The topological polar surface area (TPSA) is 9.23 Å². The predicted octanol–water partition coefficient (Wildman–Crippen LogP) is 4.80. The molecule has 1 aromatic carbocycles. The number of benzene rings is 1. The maximum Gasteiger partial charge on any atom is 0.242 e. The van der Waals surface area contributed by atoms with Gasteiger partial charge >= 0.3 is 0 Å². The maximum atomic E-state index is 6.10. The van der Waals surface area contributed by atoms with Crippen molar-refractivity contribution in [2.24, 2.45) is 0 Å². The van der Waals surface area contributed by atoms with E-state index in [9.17, 15) is 0 Å². The van der Waals surface area contributed by atoms with Crippen molar-refractivity contribution >= 4 is 30.9 Å². The van der Waals surface area contributed by atoms with Crippen LogP contribution < -0.4 is 4.43 Å². The van der Waals surface area contributed by atoms with E-state index in [1.165, 1.54) is 9.13 Å². The molecule has 0 aromatic heterocycles. The molecule has 16 heavy (non-hydrogen) atoms. The van der Waals surface area contributed by atoms with Crippen molar-refractivity contribution in [2.45, 2.75) is 45.8 Å². The van der Waals surface area contributed by atoms with E-state index < -0.39 is 8.32 Å². The molecule has 0 saturated carbocycles. The standard InChI is InChI=1S/C13H21IOSi/c1-13(2,3)10-7-8-11(14)12(9-10)15-16(4,5)6/h7-9H,1-6H3. The Morgan fingerprint density at radius 2 is 1.69 bits per heavy atom. The number of hydrogen-bond donors (Lipinski definition) is 0. The van der Waals surface area contributed by atoms with Crippen LogP contribution in [0.25, 0.3) is 0 Å². The van der Waals surface area contributed by atoms with Crippen molar-refractivity contribution in [3.8, 4) is 5.75 Å². The summed E-state index contributed by atoms with van der Waals surface area (Å²) in [5.41, 5.74) is 1.52. The highest BCUT2D eigenvalue weighted by atomic mass is 127. The average Bonchev–Trinajstić information content (AvgIpc) is 2.04. The maximum absolute atomic E-state index is 6.10. The lowest BCUT2D eigenvalue weighted by Gasteiger charge is -2.24. The largest absolute Gasteiger partial charge is 0.544 e. The van der Waals surface area contributed by atoms with Crippen LogP contribution in [0.4, 0.5) is 0 Å². The molecule has 0 saturated heterocycles. The number of rotatable bonds is 2. The van der Waals surface area contributed by atoms with Gasteiger partial charge in [-0.1, -0.05) is 26.8 Å². The van der Waals surface area contributed by atoms with Crippen LogP contribution in [0.15, 0.2) is 18.2 Å². The molecule has 0 aliphatic rings. The van der Waals surface area contributed by atoms with Crippen LogP contribution in [0.5, 0.6) is 5.75 Å². The second kappa shape index (κ2) is 4.68. The van der Waals surface area contributed by atoms with Crippen molar-refractivity contribution in [3.63, 3.8) is 0 Å². The van der Waals surface area contributed by atoms with E-state index in [-0.39, 0.29) is 5.41 Å². The zero-order chi connectivity index (χ0) is 12.6. The van der Waals surface area contributed by atoms with Crippen molar-refractivity contribution < 1.29 is 4.43 Å². The van der Waals surface area contributed by atoms with Crippen molar-refractivity contribution in [2.75, 3.05) is 0 Å². The van der Waals surface area contributed by atoms with E-state index in [1.807, 2.05) is 0 Å². The molecule has 0 fully saturated rings. The van der Waals surface area contributed by atoms with Gasteiger partial charge in [0.05, 0.1) is 3.57 Å². The molecule has 0 heterocycles. The van der Waals surface area contributed by atoms with E-state index in [1.54, 1.807) is 0 Å². The van der Waals surface area contributed by atoms with Gasteiger partial charge in [-0.25, -0.2) is 0 Å². The van der Waals surface area contributed by atoms with Crippen LogP contribution in [-0.2, 0) is 5.41 Å². The quantitative estimate of drug-likeness (QED) is 0.551. The molecule has 0 N–H and O–H groups in total. The van der Waals surface area contributed by atoms with Crippen molar-refractivity contribution in [1.82, 2.24) is 0 Å². The minimum atomic E-state index is -1.52. The summed E-state index contributed by atoms with van der Waals surface area (Å²) in [6.45, 7) is 13.3. The zero-order valence-corrected chi connectivity index (χ0v) is 14.2. The molecular weight excluding hydrogens is 327 g/mol. The third kappa shape index (κ3) is 4.09. The highest BCUT2D eigenvalue weighted by molar-refractivity contribution is 14.1. The predicted molar refractivity (Wildman–Crippen MR) is 81.8 cm³/mol. The molecule has 3 heteroatoms. The van der Waals surface area contributed by atoms with Crippen LogP contribution in [0.3, 0.4) is 0 Å². The van der Waals surface area contributed by atoms with Gasteiger partial charge in [0.2, 0.25) is 8.32 Å². The Kier molecular flexibility index (Phi) is 4.11. The molecule has 0 spiro atoms. The van der Waals surface area contributed by atoms with E-state index in [0.717, 1.165) is 5.75 Å². The van der Waals surface area contributed by atoms with Crippen molar-refractivity contribution in [1.29, 1.82) is 0 Å². The van der Waals surface area contributed by atoms with Crippen LogP contribution in [0.1, 0.15) is 26.3 Å². The first kappa shape index (κ1) is 14.0. The van der Waals surface area contributed by atoms with Gasteiger partial charge in [-0.15, -0.1) is 0 Å². The van der Waals surface area contributed by atoms with E-state index >= 15 is 0 Å². The molecule has 0 unspecified atom stereocenters. The molecule has 0 atom stereocenters. The summed E-state index contributed by atoms with van der Waals surface area (Å²) < 4.78 is 7.30. The molecular formula is C13H21IOSi. The summed E-state index contributed by atoms with van der Waals surface area (Å²) in [4.78, 5) is 0. The third-order valence-corrected chi connectivity index (χ3v) is 3.94. The summed E-state index contributed by atoms with van der Waals surface area (Å²) >= 11 is 2.34. The Morgan fingerprint density at radius 1 is 1.12 bits per heavy atom. The Morgan fingerprint density at radius 3 is 2.12 bits per heavy atom. The molecule has 0 bridgehead atoms. The summed E-state index contributed by atoms with van der Waals surface area (Å²) in [6.07, 6.45) is 0.